The topological polar surface area (TPSA) is 98.5 Å². The first kappa shape index (κ1) is 15.4. The number of benzene rings is 1. The van der Waals surface area contributed by atoms with Crippen molar-refractivity contribution in [2.24, 2.45) is 0 Å². The van der Waals surface area contributed by atoms with Crippen molar-refractivity contribution in [3.8, 4) is 6.07 Å². The Kier molecular flexibility index (Phi) is 4.25. The highest BCUT2D eigenvalue weighted by molar-refractivity contribution is 7.89. The van der Waals surface area contributed by atoms with Crippen molar-refractivity contribution in [3.05, 3.63) is 29.6 Å². The number of nitrogens with zero attached hydrogens (tertiary/aromatic N) is 2. The fourth-order valence-electron chi connectivity index (χ4n) is 2.42. The molecule has 1 aromatic rings. The van der Waals surface area contributed by atoms with Crippen LogP contribution in [0.4, 0.5) is 4.39 Å². The van der Waals surface area contributed by atoms with Crippen molar-refractivity contribution >= 4 is 16.0 Å². The van der Waals surface area contributed by atoms with E-state index in [1.165, 1.54) is 0 Å². The van der Waals surface area contributed by atoms with Crippen LogP contribution in [0.5, 0.6) is 0 Å². The second-order valence-electron chi connectivity index (χ2n) is 4.76. The highest BCUT2D eigenvalue weighted by Gasteiger charge is 2.36. The van der Waals surface area contributed by atoms with E-state index in [-0.39, 0.29) is 23.4 Å². The Bertz CT molecular complexity index is 711. The van der Waals surface area contributed by atoms with E-state index >= 15 is 0 Å². The molecular weight excluding hydrogens is 299 g/mol. The molecule has 1 atom stereocenters. The summed E-state index contributed by atoms with van der Waals surface area (Å²) in [7, 11) is -3.93. The number of hydrogen-bond acceptors (Lipinski definition) is 4. The lowest BCUT2D eigenvalue weighted by molar-refractivity contribution is -0.137. The van der Waals surface area contributed by atoms with E-state index < -0.39 is 27.9 Å². The van der Waals surface area contributed by atoms with Gasteiger partial charge in [0.2, 0.25) is 10.0 Å². The Morgan fingerprint density at radius 2 is 2.24 bits per heavy atom. The van der Waals surface area contributed by atoms with E-state index in [4.69, 9.17) is 10.4 Å². The number of nitriles is 1. The minimum absolute atomic E-state index is 0.197. The van der Waals surface area contributed by atoms with E-state index in [1.54, 1.807) is 6.07 Å². The average molecular weight is 312 g/mol. The SMILES string of the molecule is N#Cc1cc(S(=O)(=O)N2CCCC2CC(=O)O)ccc1F. The molecule has 0 radical (unpaired) electrons. The third-order valence-electron chi connectivity index (χ3n) is 3.40. The highest BCUT2D eigenvalue weighted by atomic mass is 32.2. The molecule has 0 aliphatic carbocycles. The number of carbonyl (C=O) groups is 1. The van der Waals surface area contributed by atoms with Crippen LogP contribution in [0.2, 0.25) is 0 Å². The third-order valence-corrected chi connectivity index (χ3v) is 5.35. The van der Waals surface area contributed by atoms with Crippen molar-refractivity contribution in [1.82, 2.24) is 4.31 Å². The summed E-state index contributed by atoms with van der Waals surface area (Å²) in [6, 6.07) is 3.96. The van der Waals surface area contributed by atoms with E-state index in [9.17, 15) is 17.6 Å². The molecule has 21 heavy (non-hydrogen) atoms. The summed E-state index contributed by atoms with van der Waals surface area (Å²) in [5, 5.41) is 17.6. The highest BCUT2D eigenvalue weighted by Crippen LogP contribution is 2.28. The van der Waals surface area contributed by atoms with Gasteiger partial charge < -0.3 is 5.11 Å². The first-order valence-electron chi connectivity index (χ1n) is 6.29. The molecule has 2 rings (SSSR count). The van der Waals surface area contributed by atoms with Gasteiger partial charge in [-0.2, -0.15) is 9.57 Å². The number of rotatable bonds is 4. The first-order valence-corrected chi connectivity index (χ1v) is 7.73. The normalized spacial score (nSPS) is 19.3. The maximum absolute atomic E-state index is 13.3. The van der Waals surface area contributed by atoms with Crippen LogP contribution in [0.3, 0.4) is 0 Å². The molecule has 0 amide bonds. The van der Waals surface area contributed by atoms with Gasteiger partial charge in [-0.15, -0.1) is 0 Å². The number of carboxylic acids is 1. The van der Waals surface area contributed by atoms with Crippen LogP contribution in [-0.4, -0.2) is 36.4 Å². The van der Waals surface area contributed by atoms with Crippen LogP contribution in [0.1, 0.15) is 24.8 Å². The third kappa shape index (κ3) is 3.04. The summed E-state index contributed by atoms with van der Waals surface area (Å²) in [6.45, 7) is 0.222. The molecule has 6 nitrogen and oxygen atoms in total. The van der Waals surface area contributed by atoms with Gasteiger partial charge >= 0.3 is 5.97 Å². The molecular formula is C13H13FN2O4S. The van der Waals surface area contributed by atoms with Gasteiger partial charge in [-0.05, 0) is 31.0 Å². The van der Waals surface area contributed by atoms with Crippen LogP contribution in [0.25, 0.3) is 0 Å². The second-order valence-corrected chi connectivity index (χ2v) is 6.65. The Morgan fingerprint density at radius 3 is 2.86 bits per heavy atom. The fourth-order valence-corrected chi connectivity index (χ4v) is 4.14. The summed E-state index contributed by atoms with van der Waals surface area (Å²) >= 11 is 0. The largest absolute Gasteiger partial charge is 0.481 e. The van der Waals surface area contributed by atoms with E-state index in [0.29, 0.717) is 12.8 Å². The van der Waals surface area contributed by atoms with Gasteiger partial charge in [0, 0.05) is 12.6 Å². The minimum Gasteiger partial charge on any atom is -0.481 e. The first-order chi connectivity index (χ1) is 9.86. The standard InChI is InChI=1S/C13H13FN2O4S/c14-12-4-3-11(6-9(12)8-15)21(19,20)16-5-1-2-10(16)7-13(17)18/h3-4,6,10H,1-2,5,7H2,(H,17,18). The van der Waals surface area contributed by atoms with E-state index in [0.717, 1.165) is 22.5 Å². The number of carboxylic acid groups (broad SMARTS) is 1. The van der Waals surface area contributed by atoms with Gasteiger partial charge in [-0.1, -0.05) is 0 Å². The number of hydrogen-bond donors (Lipinski definition) is 1. The molecule has 1 unspecified atom stereocenters. The maximum Gasteiger partial charge on any atom is 0.304 e. The lowest BCUT2D eigenvalue weighted by Crippen LogP contribution is -2.36. The predicted octanol–water partition coefficient (Wildman–Crippen LogP) is 1.33. The molecule has 8 heteroatoms. The van der Waals surface area contributed by atoms with Crippen molar-refractivity contribution in [1.29, 1.82) is 5.26 Å². The Morgan fingerprint density at radius 1 is 1.52 bits per heavy atom. The molecule has 1 heterocycles. The molecule has 1 aromatic carbocycles. The summed E-state index contributed by atoms with van der Waals surface area (Å²) in [4.78, 5) is 10.6. The average Bonchev–Trinajstić information content (AvgIpc) is 2.87. The van der Waals surface area contributed by atoms with Crippen molar-refractivity contribution in [2.75, 3.05) is 6.54 Å². The lowest BCUT2D eigenvalue weighted by Gasteiger charge is -2.22. The number of halogens is 1. The van der Waals surface area contributed by atoms with Gasteiger partial charge in [0.1, 0.15) is 11.9 Å². The van der Waals surface area contributed by atoms with Crippen LogP contribution in [0.15, 0.2) is 23.1 Å². The molecule has 1 fully saturated rings. The van der Waals surface area contributed by atoms with Gasteiger partial charge in [0.05, 0.1) is 16.9 Å². The monoisotopic (exact) mass is 312 g/mol. The molecule has 1 aliphatic rings. The van der Waals surface area contributed by atoms with Crippen molar-refractivity contribution in [2.45, 2.75) is 30.2 Å². The molecule has 1 N–H and O–H groups in total. The summed E-state index contributed by atoms with van der Waals surface area (Å²) in [5.41, 5.74) is -0.356. The Hall–Kier alpha value is -1.98. The zero-order valence-corrected chi connectivity index (χ0v) is 11.8. The van der Waals surface area contributed by atoms with Crippen LogP contribution in [-0.2, 0) is 14.8 Å². The Balaban J connectivity index is 2.38. The molecule has 0 bridgehead atoms. The predicted molar refractivity (Wildman–Crippen MR) is 70.3 cm³/mol. The van der Waals surface area contributed by atoms with E-state index in [1.807, 2.05) is 0 Å². The van der Waals surface area contributed by atoms with Crippen LogP contribution < -0.4 is 0 Å². The maximum atomic E-state index is 13.3. The summed E-state index contributed by atoms with van der Waals surface area (Å²) in [6.07, 6.45) is 0.771. The Labute approximate surface area is 121 Å². The molecule has 1 saturated heterocycles. The van der Waals surface area contributed by atoms with Crippen LogP contribution in [0, 0.1) is 17.1 Å². The minimum atomic E-state index is -3.93. The zero-order valence-electron chi connectivity index (χ0n) is 11.0. The zero-order chi connectivity index (χ0) is 15.6. The lowest BCUT2D eigenvalue weighted by atomic mass is 10.2. The van der Waals surface area contributed by atoms with Crippen LogP contribution >= 0.6 is 0 Å². The second kappa shape index (κ2) is 5.79. The van der Waals surface area contributed by atoms with E-state index in [2.05, 4.69) is 0 Å². The van der Waals surface area contributed by atoms with Crippen molar-refractivity contribution < 1.29 is 22.7 Å². The number of sulfonamides is 1. The number of aliphatic carboxylic acids is 1. The molecule has 0 aromatic heterocycles. The smallest absolute Gasteiger partial charge is 0.304 e. The molecule has 1 aliphatic heterocycles. The molecule has 0 saturated carbocycles. The van der Waals surface area contributed by atoms with Gasteiger partial charge in [-0.25, -0.2) is 12.8 Å². The fraction of sp³-hybridized carbons (Fsp3) is 0.385. The quantitative estimate of drug-likeness (QED) is 0.904. The van der Waals surface area contributed by atoms with Crippen molar-refractivity contribution in [3.63, 3.8) is 0 Å². The summed E-state index contributed by atoms with van der Waals surface area (Å²) < 4.78 is 39.4. The molecule has 112 valence electrons. The van der Waals surface area contributed by atoms with Gasteiger partial charge in [0.15, 0.2) is 0 Å². The van der Waals surface area contributed by atoms with Gasteiger partial charge in [-0.3, -0.25) is 4.79 Å². The summed E-state index contributed by atoms with van der Waals surface area (Å²) in [5.74, 6) is -1.86. The van der Waals surface area contributed by atoms with Gasteiger partial charge in [0.25, 0.3) is 0 Å². The molecule has 0 spiro atoms.